The predicted octanol–water partition coefficient (Wildman–Crippen LogP) is 6.78. The number of anilines is 2. The molecule has 4 aromatic rings. The molecule has 0 unspecified atom stereocenters. The lowest BCUT2D eigenvalue weighted by atomic mass is 10.1. The Kier molecular flexibility index (Phi) is 20.2. The smallest absolute Gasteiger partial charge is 0.307 e. The number of benzene rings is 4. The number of nitrogens with two attached hydrogens (primary N) is 1. The normalized spacial score (nSPS) is 9.00. The molecule has 0 bridgehead atoms. The largest absolute Gasteiger partial charge is 0.493 e. The first-order valence-electron chi connectivity index (χ1n) is 13.9. The van der Waals surface area contributed by atoms with E-state index in [2.05, 4.69) is 24.2 Å². The second-order valence-electron chi connectivity index (χ2n) is 9.22. The van der Waals surface area contributed by atoms with Gasteiger partial charge in [-0.1, -0.05) is 63.0 Å². The molecule has 0 radical (unpaired) electrons. The van der Waals surface area contributed by atoms with Gasteiger partial charge in [-0.15, -0.1) is 5.73 Å². The van der Waals surface area contributed by atoms with Crippen molar-refractivity contribution >= 4 is 29.2 Å². The number of hydrogen-bond acceptors (Lipinski definition) is 8. The first-order valence-corrected chi connectivity index (χ1v) is 13.9. The minimum atomic E-state index is -0.942. The molecule has 0 spiro atoms. The fourth-order valence-electron chi connectivity index (χ4n) is 3.74. The van der Waals surface area contributed by atoms with Gasteiger partial charge in [0.25, 0.3) is 5.91 Å². The monoisotopic (exact) mass is 660 g/mol. The molecule has 1 amide bonds. The lowest BCUT2D eigenvalue weighted by molar-refractivity contribution is -0.137. The van der Waals surface area contributed by atoms with Crippen LogP contribution in [0.2, 0.25) is 0 Å². The average molecular weight is 661 g/mol. The fraction of sp³-hybridized carbons (Fsp3) is 0.189. The number of carboxylic acid groups (broad SMARTS) is 2. The lowest BCUT2D eigenvalue weighted by Crippen LogP contribution is -2.12. The Hall–Kier alpha value is -6.19. The molecular weight excluding hydrogens is 616 g/mol. The highest BCUT2D eigenvalue weighted by atomic mass is 16.5. The molecule has 4 rings (SSSR count). The van der Waals surface area contributed by atoms with Crippen molar-refractivity contribution < 1.29 is 43.5 Å². The first kappa shape index (κ1) is 41.8. The molecule has 0 heterocycles. The van der Waals surface area contributed by atoms with Crippen molar-refractivity contribution in [1.29, 1.82) is 0 Å². The summed E-state index contributed by atoms with van der Waals surface area (Å²) in [4.78, 5) is 33.2. The molecule has 0 aliphatic heterocycles. The van der Waals surface area contributed by atoms with Gasteiger partial charge in [-0.3, -0.25) is 14.4 Å². The number of carboxylic acids is 2. The fourth-order valence-corrected chi connectivity index (χ4v) is 3.74. The maximum atomic E-state index is 12.3. The van der Waals surface area contributed by atoms with E-state index in [4.69, 9.17) is 34.9 Å². The van der Waals surface area contributed by atoms with Gasteiger partial charge in [0.1, 0.15) is 0 Å². The Bertz CT molecular complexity index is 1620. The molecule has 0 aromatic heterocycles. The zero-order chi connectivity index (χ0) is 35.2. The maximum absolute atomic E-state index is 12.3. The van der Waals surface area contributed by atoms with E-state index >= 15 is 0 Å². The maximum Gasteiger partial charge on any atom is 0.307 e. The highest BCUT2D eigenvalue weighted by Crippen LogP contribution is 2.30. The number of carbonyl (C=O) groups is 3. The Balaban J connectivity index is 0.000000736. The Morgan fingerprint density at radius 3 is 1.67 bits per heavy atom. The van der Waals surface area contributed by atoms with Crippen LogP contribution in [-0.2, 0) is 22.4 Å². The molecule has 48 heavy (non-hydrogen) atoms. The van der Waals surface area contributed by atoms with Gasteiger partial charge in [-0.25, -0.2) is 0 Å². The van der Waals surface area contributed by atoms with E-state index in [0.29, 0.717) is 45.5 Å². The Labute approximate surface area is 281 Å². The molecule has 11 nitrogen and oxygen atoms in total. The summed E-state index contributed by atoms with van der Waals surface area (Å²) in [6, 6.07) is 25.9. The van der Waals surface area contributed by atoms with Crippen LogP contribution in [0.3, 0.4) is 0 Å². The van der Waals surface area contributed by atoms with Gasteiger partial charge >= 0.3 is 11.9 Å². The van der Waals surface area contributed by atoms with E-state index in [9.17, 15) is 14.4 Å². The molecule has 11 heteroatoms. The molecule has 256 valence electrons. The number of hydrogen-bond donors (Lipinski definition) is 4. The van der Waals surface area contributed by atoms with E-state index in [1.807, 2.05) is 18.2 Å². The van der Waals surface area contributed by atoms with E-state index in [-0.39, 0.29) is 26.2 Å². The van der Waals surface area contributed by atoms with E-state index < -0.39 is 11.9 Å². The summed E-state index contributed by atoms with van der Waals surface area (Å²) in [6.45, 7) is 6.25. The van der Waals surface area contributed by atoms with Crippen LogP contribution in [0.1, 0.15) is 28.9 Å². The predicted molar refractivity (Wildman–Crippen MR) is 189 cm³/mol. The van der Waals surface area contributed by atoms with Crippen molar-refractivity contribution in [2.75, 3.05) is 39.5 Å². The number of aliphatic carboxylic acids is 2. The van der Waals surface area contributed by atoms with Crippen molar-refractivity contribution in [2.45, 2.75) is 20.3 Å². The minimum absolute atomic E-state index is 0. The second-order valence-corrected chi connectivity index (χ2v) is 9.22. The second kappa shape index (κ2) is 23.2. The van der Waals surface area contributed by atoms with Crippen LogP contribution in [0.15, 0.2) is 110 Å². The number of carbonyl (C=O) groups excluding carboxylic acids is 1. The van der Waals surface area contributed by atoms with Crippen LogP contribution < -0.4 is 30.0 Å². The molecule has 0 saturated carbocycles. The highest BCUT2D eigenvalue weighted by molar-refractivity contribution is 6.04. The van der Waals surface area contributed by atoms with Gasteiger partial charge in [0.15, 0.2) is 23.0 Å². The number of ether oxygens (including phenoxy) is 4. The minimum Gasteiger partial charge on any atom is -0.493 e. The van der Waals surface area contributed by atoms with Crippen LogP contribution in [0, 0.1) is 0 Å². The summed E-state index contributed by atoms with van der Waals surface area (Å²) >= 11 is 0. The van der Waals surface area contributed by atoms with Crippen molar-refractivity contribution in [3.8, 4) is 23.0 Å². The topological polar surface area (TPSA) is 167 Å². The molecule has 5 N–H and O–H groups in total. The third-order valence-corrected chi connectivity index (χ3v) is 5.79. The quantitative estimate of drug-likeness (QED) is 0.105. The summed E-state index contributed by atoms with van der Waals surface area (Å²) in [6.07, 6.45) is -0.0156. The standard InChI is InChI=1S/C17H17NO5.C8H11NO2.C8H8O2.C3H4.CH4/c1-22-14-7-6-13(10-15(14)23-2)18-17(21)12-5-3-4-11(8-12)9-16(19)20;1-10-7-4-3-6(9)5-8(7)11-2;9-8(10)6-7-4-2-1-3-5-7;1-3-2;/h3-8,10H,9H2,1-2H3,(H,18,21)(H,19,20);3-5H,9H2,1-2H3;1-5H,6H2,(H,9,10);1-2H2;1H4. The molecule has 0 aliphatic rings. The third-order valence-electron chi connectivity index (χ3n) is 5.79. The van der Waals surface area contributed by atoms with Crippen molar-refractivity contribution in [1.82, 2.24) is 0 Å². The van der Waals surface area contributed by atoms with Crippen LogP contribution >= 0.6 is 0 Å². The van der Waals surface area contributed by atoms with E-state index in [0.717, 1.165) is 5.56 Å². The van der Waals surface area contributed by atoms with Gasteiger partial charge in [-0.05, 0) is 47.5 Å². The Morgan fingerprint density at radius 1 is 0.667 bits per heavy atom. The summed E-state index contributed by atoms with van der Waals surface area (Å²) in [5, 5.41) is 19.9. The number of amides is 1. The van der Waals surface area contributed by atoms with E-state index in [1.165, 1.54) is 14.2 Å². The van der Waals surface area contributed by atoms with Gasteiger partial charge in [0.05, 0.1) is 41.3 Å². The van der Waals surface area contributed by atoms with Crippen molar-refractivity contribution in [2.24, 2.45) is 0 Å². The number of nitrogen functional groups attached to an aromatic ring is 1. The number of rotatable bonds is 10. The van der Waals surface area contributed by atoms with Gasteiger partial charge in [0.2, 0.25) is 0 Å². The van der Waals surface area contributed by atoms with Gasteiger partial charge < -0.3 is 40.2 Å². The van der Waals surface area contributed by atoms with Crippen LogP contribution in [0.5, 0.6) is 23.0 Å². The summed E-state index contributed by atoms with van der Waals surface area (Å²) < 4.78 is 20.3. The summed E-state index contributed by atoms with van der Waals surface area (Å²) in [7, 11) is 6.22. The molecule has 0 fully saturated rings. The summed E-state index contributed by atoms with van der Waals surface area (Å²) in [5.74, 6) is 0.367. The average Bonchev–Trinajstić information content (AvgIpc) is 3.05. The zero-order valence-corrected chi connectivity index (χ0v) is 26.8. The van der Waals surface area contributed by atoms with Gasteiger partial charge in [-0.2, -0.15) is 0 Å². The van der Waals surface area contributed by atoms with Crippen molar-refractivity contribution in [3.05, 3.63) is 127 Å². The van der Waals surface area contributed by atoms with Crippen LogP contribution in [-0.4, -0.2) is 56.5 Å². The highest BCUT2D eigenvalue weighted by Gasteiger charge is 2.11. The van der Waals surface area contributed by atoms with Crippen molar-refractivity contribution in [3.63, 3.8) is 0 Å². The molecular formula is C37H44N2O9. The molecule has 0 saturated heterocycles. The number of methoxy groups -OCH3 is 4. The summed E-state index contributed by atoms with van der Waals surface area (Å²) in [5.41, 5.74) is 10.8. The first-order chi connectivity index (χ1) is 22.5. The third kappa shape index (κ3) is 15.7. The zero-order valence-electron chi connectivity index (χ0n) is 26.8. The lowest BCUT2D eigenvalue weighted by Gasteiger charge is -2.11. The van der Waals surface area contributed by atoms with E-state index in [1.54, 1.807) is 87.0 Å². The molecule has 0 aliphatic carbocycles. The SMILES string of the molecule is C.C=C=C.COc1ccc(N)cc1OC.COc1ccc(NC(=O)c2cccc(CC(=O)O)c2)cc1OC.O=C(O)Cc1ccccc1. The Morgan fingerprint density at radius 2 is 1.15 bits per heavy atom. The van der Waals surface area contributed by atoms with Gasteiger partial charge in [0, 0.05) is 29.1 Å². The van der Waals surface area contributed by atoms with Crippen LogP contribution in [0.4, 0.5) is 11.4 Å². The molecule has 0 atom stereocenters. The van der Waals surface area contributed by atoms with Crippen LogP contribution in [0.25, 0.3) is 0 Å². The molecule has 4 aromatic carbocycles. The number of nitrogens with one attached hydrogen (secondary N) is 1.